The van der Waals surface area contributed by atoms with Crippen molar-refractivity contribution in [3.05, 3.63) is 24.3 Å². The molecule has 0 spiro atoms. The van der Waals surface area contributed by atoms with Crippen LogP contribution in [0, 0.1) is 23.2 Å². The van der Waals surface area contributed by atoms with Crippen LogP contribution >= 0.6 is 0 Å². The van der Waals surface area contributed by atoms with Gasteiger partial charge in [-0.05, 0) is 37.0 Å². The van der Waals surface area contributed by atoms with E-state index in [0.717, 1.165) is 12.8 Å². The molecule has 0 aromatic heterocycles. The number of hydrogen-bond donors (Lipinski definition) is 0. The van der Waals surface area contributed by atoms with Crippen molar-refractivity contribution >= 4 is 5.78 Å². The molecule has 2 aliphatic carbocycles. The van der Waals surface area contributed by atoms with Gasteiger partial charge in [0.2, 0.25) is 0 Å². The maximum absolute atomic E-state index is 12.2. The van der Waals surface area contributed by atoms with E-state index in [1.165, 1.54) is 5.57 Å². The highest BCUT2D eigenvalue weighted by Crippen LogP contribution is 2.52. The van der Waals surface area contributed by atoms with Crippen molar-refractivity contribution in [1.82, 2.24) is 0 Å². The van der Waals surface area contributed by atoms with E-state index < -0.39 is 0 Å². The number of rotatable bonds is 1. The number of Topliss-reactive ketones (excluding diaryl/α,β-unsaturated/α-hetero) is 1. The average Bonchev–Trinajstić information content (AvgIpc) is 2.20. The third-order valence-corrected chi connectivity index (χ3v) is 4.83. The van der Waals surface area contributed by atoms with E-state index in [-0.39, 0.29) is 11.3 Å². The molecule has 0 heterocycles. The Morgan fingerprint density at radius 1 is 1.56 bits per heavy atom. The number of carbonyl (C=O) groups is 1. The first-order chi connectivity index (χ1) is 7.45. The molecule has 1 heteroatoms. The quantitative estimate of drug-likeness (QED) is 0.612. The second kappa shape index (κ2) is 3.87. The molecule has 0 aliphatic heterocycles. The average molecular weight is 218 g/mol. The van der Waals surface area contributed by atoms with E-state index in [9.17, 15) is 4.79 Å². The Balaban J connectivity index is 2.33. The molecule has 1 unspecified atom stereocenters. The second-order valence-corrected chi connectivity index (χ2v) is 5.97. The molecule has 1 fully saturated rings. The second-order valence-electron chi connectivity index (χ2n) is 5.97. The van der Waals surface area contributed by atoms with Crippen molar-refractivity contribution in [1.29, 1.82) is 0 Å². The van der Waals surface area contributed by atoms with Gasteiger partial charge < -0.3 is 0 Å². The van der Waals surface area contributed by atoms with Crippen molar-refractivity contribution in [2.45, 2.75) is 40.0 Å². The summed E-state index contributed by atoms with van der Waals surface area (Å²) in [6.07, 6.45) is 7.28. The van der Waals surface area contributed by atoms with E-state index in [0.29, 0.717) is 24.0 Å². The summed E-state index contributed by atoms with van der Waals surface area (Å²) in [5.41, 5.74) is 1.34. The van der Waals surface area contributed by atoms with Gasteiger partial charge in [0, 0.05) is 12.3 Å². The molecule has 0 aromatic carbocycles. The largest absolute Gasteiger partial charge is 0.299 e. The highest BCUT2D eigenvalue weighted by molar-refractivity contribution is 5.85. The summed E-state index contributed by atoms with van der Waals surface area (Å²) in [4.78, 5) is 12.2. The molecule has 0 saturated heterocycles. The summed E-state index contributed by atoms with van der Waals surface area (Å²) in [5.74, 6) is 1.59. The molecule has 1 saturated carbocycles. The Labute approximate surface area is 98.6 Å². The van der Waals surface area contributed by atoms with Crippen LogP contribution in [0.5, 0.6) is 0 Å². The highest BCUT2D eigenvalue weighted by atomic mass is 16.1. The number of carbonyl (C=O) groups excluding carboxylic acids is 1. The van der Waals surface area contributed by atoms with Crippen LogP contribution in [0.3, 0.4) is 0 Å². The summed E-state index contributed by atoms with van der Waals surface area (Å²) in [6, 6.07) is 0. The van der Waals surface area contributed by atoms with Gasteiger partial charge in [-0.1, -0.05) is 38.2 Å². The van der Waals surface area contributed by atoms with E-state index in [1.807, 2.05) is 0 Å². The van der Waals surface area contributed by atoms with Crippen LogP contribution in [-0.2, 0) is 4.79 Å². The molecule has 1 nitrogen and oxygen atoms in total. The van der Waals surface area contributed by atoms with E-state index in [1.54, 1.807) is 0 Å². The lowest BCUT2D eigenvalue weighted by atomic mass is 9.55. The first kappa shape index (κ1) is 11.6. The molecule has 2 rings (SSSR count). The molecule has 0 radical (unpaired) electrons. The van der Waals surface area contributed by atoms with Crippen molar-refractivity contribution in [2.75, 3.05) is 0 Å². The number of ketones is 1. The molecular formula is C15H22O. The summed E-state index contributed by atoms with van der Waals surface area (Å²) in [5, 5.41) is 0. The molecule has 4 atom stereocenters. The fourth-order valence-corrected chi connectivity index (χ4v) is 3.34. The lowest BCUT2D eigenvalue weighted by Gasteiger charge is -2.48. The predicted molar refractivity (Wildman–Crippen MR) is 67.1 cm³/mol. The lowest BCUT2D eigenvalue weighted by Crippen LogP contribution is -2.45. The fraction of sp³-hybridized carbons (Fsp3) is 0.667. The van der Waals surface area contributed by atoms with E-state index in [4.69, 9.17) is 0 Å². The molecule has 0 bridgehead atoms. The SMILES string of the molecule is C=C(C)C1CC(=O)[C@H]2C=CC[C@H](C)[C@@]2(C)C1. The van der Waals surface area contributed by atoms with Gasteiger partial charge in [0.15, 0.2) is 0 Å². The maximum atomic E-state index is 12.2. The smallest absolute Gasteiger partial charge is 0.140 e. The first-order valence-corrected chi connectivity index (χ1v) is 6.30. The Kier molecular flexibility index (Phi) is 2.81. The van der Waals surface area contributed by atoms with E-state index in [2.05, 4.69) is 39.5 Å². The number of allylic oxidation sites excluding steroid dienone is 3. The molecule has 88 valence electrons. The topological polar surface area (TPSA) is 17.1 Å². The van der Waals surface area contributed by atoms with Gasteiger partial charge in [0.1, 0.15) is 5.78 Å². The Hall–Kier alpha value is -0.850. The molecular weight excluding hydrogens is 196 g/mol. The van der Waals surface area contributed by atoms with Crippen LogP contribution in [0.4, 0.5) is 0 Å². The van der Waals surface area contributed by atoms with Crippen molar-refractivity contribution in [2.24, 2.45) is 23.2 Å². The van der Waals surface area contributed by atoms with Gasteiger partial charge in [-0.2, -0.15) is 0 Å². The Morgan fingerprint density at radius 3 is 2.88 bits per heavy atom. The van der Waals surface area contributed by atoms with Crippen LogP contribution < -0.4 is 0 Å². The molecule has 16 heavy (non-hydrogen) atoms. The minimum Gasteiger partial charge on any atom is -0.299 e. The minimum atomic E-state index is 0.159. The third kappa shape index (κ3) is 1.66. The van der Waals surface area contributed by atoms with Gasteiger partial charge in [-0.3, -0.25) is 4.79 Å². The van der Waals surface area contributed by atoms with Gasteiger partial charge in [-0.25, -0.2) is 0 Å². The van der Waals surface area contributed by atoms with Crippen LogP contribution in [-0.4, -0.2) is 5.78 Å². The Bertz CT molecular complexity index is 352. The summed E-state index contributed by atoms with van der Waals surface area (Å²) in [7, 11) is 0. The molecule has 0 aromatic rings. The normalized spacial score (nSPS) is 42.9. The number of fused-ring (bicyclic) bond motifs is 1. The van der Waals surface area contributed by atoms with Gasteiger partial charge in [0.25, 0.3) is 0 Å². The number of hydrogen-bond acceptors (Lipinski definition) is 1. The summed E-state index contributed by atoms with van der Waals surface area (Å²) in [6.45, 7) is 10.7. The zero-order valence-electron chi connectivity index (χ0n) is 10.6. The van der Waals surface area contributed by atoms with Crippen LogP contribution in [0.25, 0.3) is 0 Å². The first-order valence-electron chi connectivity index (χ1n) is 6.30. The standard InChI is InChI=1S/C15H22O/c1-10(2)12-8-14(16)13-7-5-6-11(3)15(13,4)9-12/h5,7,11-13H,1,6,8-9H2,2-4H3/t11-,12?,13+,15+/m0/s1. The molecule has 0 N–H and O–H groups in total. The monoisotopic (exact) mass is 218 g/mol. The molecule has 0 amide bonds. The third-order valence-electron chi connectivity index (χ3n) is 4.83. The summed E-state index contributed by atoms with van der Waals surface area (Å²) < 4.78 is 0. The van der Waals surface area contributed by atoms with Crippen LogP contribution in [0.1, 0.15) is 40.0 Å². The Morgan fingerprint density at radius 2 is 2.25 bits per heavy atom. The molecule has 2 aliphatic rings. The minimum absolute atomic E-state index is 0.159. The van der Waals surface area contributed by atoms with Crippen molar-refractivity contribution in [3.63, 3.8) is 0 Å². The van der Waals surface area contributed by atoms with Crippen LogP contribution in [0.15, 0.2) is 24.3 Å². The summed E-state index contributed by atoms with van der Waals surface area (Å²) >= 11 is 0. The van der Waals surface area contributed by atoms with Gasteiger partial charge in [0.05, 0.1) is 0 Å². The highest BCUT2D eigenvalue weighted by Gasteiger charge is 2.48. The fourth-order valence-electron chi connectivity index (χ4n) is 3.34. The zero-order valence-corrected chi connectivity index (χ0v) is 10.6. The lowest BCUT2D eigenvalue weighted by molar-refractivity contribution is -0.131. The van der Waals surface area contributed by atoms with Crippen LogP contribution in [0.2, 0.25) is 0 Å². The zero-order chi connectivity index (χ0) is 11.9. The van der Waals surface area contributed by atoms with Gasteiger partial charge in [-0.15, -0.1) is 0 Å². The predicted octanol–water partition coefficient (Wildman–Crippen LogP) is 3.76. The van der Waals surface area contributed by atoms with Crippen molar-refractivity contribution < 1.29 is 4.79 Å². The maximum Gasteiger partial charge on any atom is 0.140 e. The van der Waals surface area contributed by atoms with Crippen molar-refractivity contribution in [3.8, 4) is 0 Å². The van der Waals surface area contributed by atoms with Gasteiger partial charge >= 0.3 is 0 Å². The van der Waals surface area contributed by atoms with E-state index >= 15 is 0 Å².